The van der Waals surface area contributed by atoms with Gasteiger partial charge >= 0.3 is 0 Å². The molecule has 2 unspecified atom stereocenters. The van der Waals surface area contributed by atoms with E-state index in [1.807, 2.05) is 38.0 Å². The highest BCUT2D eigenvalue weighted by atomic mass is 32.2. The van der Waals surface area contributed by atoms with E-state index in [0.717, 1.165) is 10.7 Å². The van der Waals surface area contributed by atoms with Crippen molar-refractivity contribution in [2.45, 2.75) is 23.4 Å². The Labute approximate surface area is 104 Å². The van der Waals surface area contributed by atoms with Crippen molar-refractivity contribution in [2.75, 3.05) is 0 Å². The fourth-order valence-corrected chi connectivity index (χ4v) is 2.57. The van der Waals surface area contributed by atoms with Crippen LogP contribution in [0.2, 0.25) is 0 Å². The molecule has 7 heteroatoms. The smallest absolute Gasteiger partial charge is 0.191 e. The SMILES string of the molecule is CC(N)C(Sc1nncn1C)c1cnn(C)c1. The molecule has 0 radical (unpaired) electrons. The van der Waals surface area contributed by atoms with E-state index < -0.39 is 0 Å². The number of hydrogen-bond donors (Lipinski definition) is 1. The van der Waals surface area contributed by atoms with E-state index in [2.05, 4.69) is 15.3 Å². The molecule has 2 aromatic heterocycles. The van der Waals surface area contributed by atoms with E-state index >= 15 is 0 Å². The van der Waals surface area contributed by atoms with Gasteiger partial charge in [0.25, 0.3) is 0 Å². The highest BCUT2D eigenvalue weighted by molar-refractivity contribution is 7.99. The minimum atomic E-state index is 0.0147. The summed E-state index contributed by atoms with van der Waals surface area (Å²) >= 11 is 1.61. The third-order valence-electron chi connectivity index (χ3n) is 2.43. The molecule has 2 rings (SSSR count). The van der Waals surface area contributed by atoms with Gasteiger partial charge in [-0.25, -0.2) is 0 Å². The van der Waals surface area contributed by atoms with Crippen molar-refractivity contribution in [1.82, 2.24) is 24.5 Å². The van der Waals surface area contributed by atoms with Crippen molar-refractivity contribution in [1.29, 1.82) is 0 Å². The van der Waals surface area contributed by atoms with E-state index in [0.29, 0.717) is 0 Å². The number of rotatable bonds is 4. The Balaban J connectivity index is 2.22. The van der Waals surface area contributed by atoms with Crippen LogP contribution < -0.4 is 5.73 Å². The second-order valence-electron chi connectivity index (χ2n) is 4.07. The van der Waals surface area contributed by atoms with Gasteiger partial charge in [0, 0.05) is 31.9 Å². The topological polar surface area (TPSA) is 74.6 Å². The van der Waals surface area contributed by atoms with Crippen LogP contribution in [0.5, 0.6) is 0 Å². The van der Waals surface area contributed by atoms with Gasteiger partial charge in [0.2, 0.25) is 0 Å². The molecule has 92 valence electrons. The summed E-state index contributed by atoms with van der Waals surface area (Å²) in [4.78, 5) is 0. The molecule has 0 aliphatic rings. The Bertz CT molecular complexity index is 488. The lowest BCUT2D eigenvalue weighted by molar-refractivity contribution is 0.707. The molecule has 2 heterocycles. The van der Waals surface area contributed by atoms with Crippen molar-refractivity contribution >= 4 is 11.8 Å². The van der Waals surface area contributed by atoms with Crippen LogP contribution in [0, 0.1) is 0 Å². The molecule has 17 heavy (non-hydrogen) atoms. The molecule has 2 N–H and O–H groups in total. The molecule has 0 fully saturated rings. The molecule has 0 spiro atoms. The highest BCUT2D eigenvalue weighted by Gasteiger charge is 2.21. The van der Waals surface area contributed by atoms with Crippen molar-refractivity contribution in [3.05, 3.63) is 24.3 Å². The van der Waals surface area contributed by atoms with E-state index in [9.17, 15) is 0 Å². The zero-order valence-corrected chi connectivity index (χ0v) is 10.9. The van der Waals surface area contributed by atoms with Crippen molar-refractivity contribution in [2.24, 2.45) is 19.8 Å². The Morgan fingerprint density at radius 2 is 2.18 bits per heavy atom. The summed E-state index contributed by atoms with van der Waals surface area (Å²) in [7, 11) is 3.82. The molecule has 0 saturated heterocycles. The summed E-state index contributed by atoms with van der Waals surface area (Å²) < 4.78 is 3.67. The van der Waals surface area contributed by atoms with Crippen molar-refractivity contribution in [3.8, 4) is 0 Å². The third-order valence-corrected chi connectivity index (χ3v) is 3.97. The van der Waals surface area contributed by atoms with Gasteiger partial charge < -0.3 is 10.3 Å². The lowest BCUT2D eigenvalue weighted by Crippen LogP contribution is -2.22. The lowest BCUT2D eigenvalue weighted by atomic mass is 10.1. The fraction of sp³-hybridized carbons (Fsp3) is 0.500. The zero-order valence-electron chi connectivity index (χ0n) is 10.1. The fourth-order valence-electron chi connectivity index (χ4n) is 1.56. The number of aromatic nitrogens is 5. The Morgan fingerprint density at radius 3 is 2.65 bits per heavy atom. The van der Waals surface area contributed by atoms with E-state index in [1.165, 1.54) is 0 Å². The Morgan fingerprint density at radius 1 is 1.41 bits per heavy atom. The van der Waals surface area contributed by atoms with Gasteiger partial charge in [-0.15, -0.1) is 10.2 Å². The first kappa shape index (κ1) is 12.1. The molecule has 6 nitrogen and oxygen atoms in total. The molecule has 2 atom stereocenters. The summed E-state index contributed by atoms with van der Waals surface area (Å²) in [5, 5.41) is 13.1. The van der Waals surface area contributed by atoms with Gasteiger partial charge in [-0.2, -0.15) is 5.10 Å². The van der Waals surface area contributed by atoms with Crippen LogP contribution in [0.25, 0.3) is 0 Å². The molecule has 0 aliphatic carbocycles. The van der Waals surface area contributed by atoms with Crippen LogP contribution in [0.4, 0.5) is 0 Å². The second-order valence-corrected chi connectivity index (χ2v) is 5.18. The molecule has 0 aliphatic heterocycles. The molecule has 0 saturated carbocycles. The van der Waals surface area contributed by atoms with Gasteiger partial charge in [-0.1, -0.05) is 11.8 Å². The van der Waals surface area contributed by atoms with Crippen molar-refractivity contribution < 1.29 is 0 Å². The molecule has 0 amide bonds. The van der Waals surface area contributed by atoms with Gasteiger partial charge in [0.1, 0.15) is 6.33 Å². The first-order valence-electron chi connectivity index (χ1n) is 5.32. The highest BCUT2D eigenvalue weighted by Crippen LogP contribution is 2.35. The average Bonchev–Trinajstić information content (AvgIpc) is 2.84. The normalized spacial score (nSPS) is 14.8. The number of aryl methyl sites for hydroxylation is 2. The standard InChI is InChI=1S/C10H16N6S/c1-7(11)9(8-4-13-16(3)5-8)17-10-14-12-6-15(10)2/h4-7,9H,11H2,1-3H3. The van der Waals surface area contributed by atoms with Gasteiger partial charge in [-0.3, -0.25) is 4.68 Å². The molecule has 0 bridgehead atoms. The van der Waals surface area contributed by atoms with Crippen LogP contribution >= 0.6 is 11.8 Å². The summed E-state index contributed by atoms with van der Waals surface area (Å²) in [6.45, 7) is 1.99. The van der Waals surface area contributed by atoms with Crippen LogP contribution in [0.15, 0.2) is 23.9 Å². The Hall–Kier alpha value is -1.34. The molecule has 0 aromatic carbocycles. The van der Waals surface area contributed by atoms with Crippen LogP contribution in [0.1, 0.15) is 17.7 Å². The first-order valence-corrected chi connectivity index (χ1v) is 6.20. The lowest BCUT2D eigenvalue weighted by Gasteiger charge is -2.17. The van der Waals surface area contributed by atoms with Crippen LogP contribution in [-0.4, -0.2) is 30.6 Å². The number of hydrogen-bond acceptors (Lipinski definition) is 5. The maximum Gasteiger partial charge on any atom is 0.191 e. The minimum absolute atomic E-state index is 0.0147. The second kappa shape index (κ2) is 4.89. The maximum absolute atomic E-state index is 6.03. The molecule has 2 aromatic rings. The summed E-state index contributed by atoms with van der Waals surface area (Å²) in [5.74, 6) is 0. The first-order chi connectivity index (χ1) is 8.08. The largest absolute Gasteiger partial charge is 0.327 e. The predicted molar refractivity (Wildman–Crippen MR) is 66.5 cm³/mol. The average molecular weight is 252 g/mol. The van der Waals surface area contributed by atoms with E-state index in [1.54, 1.807) is 22.8 Å². The quantitative estimate of drug-likeness (QED) is 0.812. The summed E-state index contributed by atoms with van der Waals surface area (Å²) in [6.07, 6.45) is 5.51. The van der Waals surface area contributed by atoms with Crippen LogP contribution in [0.3, 0.4) is 0 Å². The third kappa shape index (κ3) is 2.67. The molecular formula is C10H16N6S. The molecular weight excluding hydrogens is 236 g/mol. The van der Waals surface area contributed by atoms with Gasteiger partial charge in [-0.05, 0) is 6.92 Å². The van der Waals surface area contributed by atoms with Crippen molar-refractivity contribution in [3.63, 3.8) is 0 Å². The Kier molecular flexibility index (Phi) is 3.49. The number of nitrogens with zero attached hydrogens (tertiary/aromatic N) is 5. The van der Waals surface area contributed by atoms with Gasteiger partial charge in [0.05, 0.1) is 11.4 Å². The summed E-state index contributed by atoms with van der Waals surface area (Å²) in [6, 6.07) is 0.0147. The minimum Gasteiger partial charge on any atom is -0.327 e. The number of thioether (sulfide) groups is 1. The van der Waals surface area contributed by atoms with E-state index in [-0.39, 0.29) is 11.3 Å². The van der Waals surface area contributed by atoms with Crippen LogP contribution in [-0.2, 0) is 14.1 Å². The maximum atomic E-state index is 6.03. The van der Waals surface area contributed by atoms with Gasteiger partial charge in [0.15, 0.2) is 5.16 Å². The zero-order chi connectivity index (χ0) is 12.4. The summed E-state index contributed by atoms with van der Waals surface area (Å²) in [5.41, 5.74) is 7.14. The monoisotopic (exact) mass is 252 g/mol. The number of nitrogens with two attached hydrogens (primary N) is 1. The van der Waals surface area contributed by atoms with E-state index in [4.69, 9.17) is 5.73 Å². The predicted octanol–water partition coefficient (Wildman–Crippen LogP) is 0.729.